The zero-order valence-electron chi connectivity index (χ0n) is 17.2. The molecule has 150 valence electrons. The Bertz CT molecular complexity index is 811. The second kappa shape index (κ2) is 8.33. The second-order valence-electron chi connectivity index (χ2n) is 7.44. The molecule has 28 heavy (non-hydrogen) atoms. The van der Waals surface area contributed by atoms with Crippen molar-refractivity contribution in [3.8, 4) is 5.75 Å². The second-order valence-corrected chi connectivity index (χ2v) is 7.44. The van der Waals surface area contributed by atoms with E-state index in [-0.39, 0.29) is 0 Å². The number of hydrogen-bond acceptors (Lipinski definition) is 5. The third-order valence-corrected chi connectivity index (χ3v) is 4.27. The highest BCUT2D eigenvalue weighted by Crippen LogP contribution is 2.36. The Labute approximate surface area is 166 Å². The van der Waals surface area contributed by atoms with Crippen LogP contribution in [0.25, 0.3) is 0 Å². The first kappa shape index (κ1) is 21.3. The number of benzene rings is 2. The van der Waals surface area contributed by atoms with Crippen molar-refractivity contribution in [2.75, 3.05) is 19.1 Å². The van der Waals surface area contributed by atoms with E-state index in [9.17, 15) is 9.59 Å². The highest BCUT2D eigenvalue weighted by atomic mass is 16.6. The van der Waals surface area contributed by atoms with Crippen molar-refractivity contribution in [2.24, 2.45) is 0 Å². The lowest BCUT2D eigenvalue weighted by atomic mass is 9.89. The number of ether oxygens (including phenoxy) is 3. The van der Waals surface area contributed by atoms with Crippen LogP contribution in [-0.4, -0.2) is 31.9 Å². The molecule has 6 nitrogen and oxygen atoms in total. The van der Waals surface area contributed by atoms with Crippen molar-refractivity contribution >= 4 is 17.7 Å². The fourth-order valence-corrected chi connectivity index (χ4v) is 2.88. The fraction of sp³-hybridized carbons (Fsp3) is 0.364. The lowest BCUT2D eigenvalue weighted by Crippen LogP contribution is -2.55. The molecule has 0 spiro atoms. The summed E-state index contributed by atoms with van der Waals surface area (Å²) < 4.78 is 15.9. The zero-order chi connectivity index (χ0) is 20.9. The molecule has 0 aliphatic carbocycles. The number of carbonyl (C=O) groups excluding carboxylic acids is 2. The van der Waals surface area contributed by atoms with Crippen LogP contribution in [0.5, 0.6) is 5.75 Å². The van der Waals surface area contributed by atoms with Gasteiger partial charge in [-0.1, -0.05) is 30.3 Å². The van der Waals surface area contributed by atoms with Crippen LogP contribution in [0.2, 0.25) is 0 Å². The Hall–Kier alpha value is -3.02. The third kappa shape index (κ3) is 4.44. The Kier molecular flexibility index (Phi) is 6.33. The summed E-state index contributed by atoms with van der Waals surface area (Å²) in [5.74, 6) is 0.0488. The first-order valence-corrected chi connectivity index (χ1v) is 8.94. The smallest absolute Gasteiger partial charge is 0.416 e. The van der Waals surface area contributed by atoms with Crippen LogP contribution in [0.4, 0.5) is 10.5 Å². The highest BCUT2D eigenvalue weighted by Gasteiger charge is 2.47. The number of anilines is 1. The van der Waals surface area contributed by atoms with Gasteiger partial charge in [0.2, 0.25) is 0 Å². The van der Waals surface area contributed by atoms with Gasteiger partial charge < -0.3 is 14.2 Å². The Morgan fingerprint density at radius 2 is 1.43 bits per heavy atom. The number of esters is 1. The van der Waals surface area contributed by atoms with E-state index >= 15 is 0 Å². The van der Waals surface area contributed by atoms with Crippen molar-refractivity contribution in [2.45, 2.75) is 38.8 Å². The average molecular weight is 385 g/mol. The summed E-state index contributed by atoms with van der Waals surface area (Å²) in [5, 5.41) is 0. The van der Waals surface area contributed by atoms with Crippen LogP contribution in [0.3, 0.4) is 0 Å². The number of carbonyl (C=O) groups is 2. The predicted octanol–water partition coefficient (Wildman–Crippen LogP) is 4.53. The summed E-state index contributed by atoms with van der Waals surface area (Å²) in [6.07, 6.45) is -0.658. The highest BCUT2D eigenvalue weighted by molar-refractivity contribution is 5.99. The molecule has 1 atom stereocenters. The molecule has 1 amide bonds. The quantitative estimate of drug-likeness (QED) is 0.708. The van der Waals surface area contributed by atoms with Gasteiger partial charge in [0.1, 0.15) is 11.4 Å². The molecule has 0 N–H and O–H groups in total. The summed E-state index contributed by atoms with van der Waals surface area (Å²) in [6, 6.07) is 15.8. The minimum atomic E-state index is -1.44. The number of nitrogens with zero attached hydrogens (tertiary/aromatic N) is 1. The predicted molar refractivity (Wildman–Crippen MR) is 108 cm³/mol. The average Bonchev–Trinajstić information content (AvgIpc) is 2.67. The largest absolute Gasteiger partial charge is 0.497 e. The molecule has 2 aromatic rings. The van der Waals surface area contributed by atoms with Gasteiger partial charge in [-0.2, -0.15) is 0 Å². The van der Waals surface area contributed by atoms with Crippen LogP contribution in [0.1, 0.15) is 33.3 Å². The van der Waals surface area contributed by atoms with Crippen LogP contribution in [-0.2, 0) is 19.8 Å². The van der Waals surface area contributed by atoms with Crippen LogP contribution in [0.15, 0.2) is 54.6 Å². The van der Waals surface area contributed by atoms with E-state index < -0.39 is 23.2 Å². The number of rotatable bonds is 5. The normalized spacial score (nSPS) is 13.2. The summed E-state index contributed by atoms with van der Waals surface area (Å²) in [6.45, 7) is 6.96. The first-order chi connectivity index (χ1) is 13.1. The maximum absolute atomic E-state index is 13.2. The molecule has 6 heteroatoms. The van der Waals surface area contributed by atoms with E-state index in [0.717, 1.165) is 0 Å². The van der Waals surface area contributed by atoms with Gasteiger partial charge in [0.05, 0.1) is 14.2 Å². The molecule has 0 heterocycles. The van der Waals surface area contributed by atoms with E-state index in [1.165, 1.54) is 12.0 Å². The Balaban J connectivity index is 2.68. The molecule has 0 fully saturated rings. The van der Waals surface area contributed by atoms with Crippen LogP contribution < -0.4 is 9.64 Å². The van der Waals surface area contributed by atoms with Gasteiger partial charge in [-0.05, 0) is 57.5 Å². The number of amides is 1. The third-order valence-electron chi connectivity index (χ3n) is 4.27. The molecule has 0 saturated carbocycles. The number of hydrogen-bond donors (Lipinski definition) is 0. The molecule has 0 aliphatic rings. The lowest BCUT2D eigenvalue weighted by molar-refractivity contribution is -0.147. The lowest BCUT2D eigenvalue weighted by Gasteiger charge is -2.39. The molecule has 0 aromatic heterocycles. The van der Waals surface area contributed by atoms with E-state index in [0.29, 0.717) is 17.0 Å². The zero-order valence-corrected chi connectivity index (χ0v) is 17.2. The van der Waals surface area contributed by atoms with Crippen molar-refractivity contribution < 1.29 is 23.8 Å². The maximum atomic E-state index is 13.2. The topological polar surface area (TPSA) is 65.1 Å². The molecule has 2 rings (SSSR count). The summed E-state index contributed by atoms with van der Waals surface area (Å²) in [7, 11) is 2.86. The maximum Gasteiger partial charge on any atom is 0.416 e. The van der Waals surface area contributed by atoms with Gasteiger partial charge in [-0.15, -0.1) is 0 Å². The van der Waals surface area contributed by atoms with Crippen molar-refractivity contribution in [1.82, 2.24) is 0 Å². The van der Waals surface area contributed by atoms with Crippen molar-refractivity contribution in [3.63, 3.8) is 0 Å². The molecule has 0 saturated heterocycles. The molecule has 0 aliphatic heterocycles. The van der Waals surface area contributed by atoms with Crippen LogP contribution in [0, 0.1) is 0 Å². The standard InChI is InChI=1S/C22H27NO5/c1-21(2,3)28-20(25)23(17-12-14-18(26-5)15-13-17)22(4,19(24)27-6)16-10-8-7-9-11-16/h7-15H,1-6H3/t22-/m0/s1. The van der Waals surface area contributed by atoms with Gasteiger partial charge in [0, 0.05) is 5.69 Å². The molecular formula is C22H27NO5. The minimum Gasteiger partial charge on any atom is -0.497 e. The van der Waals surface area contributed by atoms with Gasteiger partial charge in [-0.3, -0.25) is 4.90 Å². The van der Waals surface area contributed by atoms with E-state index in [4.69, 9.17) is 14.2 Å². The Morgan fingerprint density at radius 1 is 0.857 bits per heavy atom. The Morgan fingerprint density at radius 3 is 1.89 bits per heavy atom. The van der Waals surface area contributed by atoms with Gasteiger partial charge >= 0.3 is 12.1 Å². The van der Waals surface area contributed by atoms with Crippen molar-refractivity contribution in [3.05, 3.63) is 60.2 Å². The van der Waals surface area contributed by atoms with Gasteiger partial charge in [-0.25, -0.2) is 9.59 Å². The monoisotopic (exact) mass is 385 g/mol. The summed E-state index contributed by atoms with van der Waals surface area (Å²) in [5.41, 5.74) is -1.10. The van der Waals surface area contributed by atoms with E-state index in [2.05, 4.69) is 0 Å². The summed E-state index contributed by atoms with van der Waals surface area (Å²) in [4.78, 5) is 27.5. The molecule has 2 aromatic carbocycles. The van der Waals surface area contributed by atoms with E-state index in [1.807, 2.05) is 6.07 Å². The fourth-order valence-electron chi connectivity index (χ4n) is 2.88. The van der Waals surface area contributed by atoms with E-state index in [1.54, 1.807) is 83.3 Å². The minimum absolute atomic E-state index is 0.479. The molecular weight excluding hydrogens is 358 g/mol. The SMILES string of the molecule is COC(=O)[C@](C)(c1ccccc1)N(C(=O)OC(C)(C)C)c1ccc(OC)cc1. The first-order valence-electron chi connectivity index (χ1n) is 8.94. The molecule has 0 radical (unpaired) electrons. The molecule has 0 bridgehead atoms. The van der Waals surface area contributed by atoms with Gasteiger partial charge in [0.15, 0.2) is 5.54 Å². The molecule has 0 unspecified atom stereocenters. The number of methoxy groups -OCH3 is 2. The van der Waals surface area contributed by atoms with Crippen LogP contribution >= 0.6 is 0 Å². The van der Waals surface area contributed by atoms with Gasteiger partial charge in [0.25, 0.3) is 0 Å². The van der Waals surface area contributed by atoms with Crippen molar-refractivity contribution in [1.29, 1.82) is 0 Å². The summed E-state index contributed by atoms with van der Waals surface area (Å²) >= 11 is 0.